The zero-order valence-electron chi connectivity index (χ0n) is 15.8. The first kappa shape index (κ1) is 16.2. The fourth-order valence-corrected chi connectivity index (χ4v) is 4.39. The number of fused-ring (bicyclic) bond motifs is 1. The largest absolute Gasteiger partial charge is 0.282 e. The fraction of sp³-hybridized carbons (Fsp3) is 0.400. The molecule has 7 heteroatoms. The van der Waals surface area contributed by atoms with Gasteiger partial charge in [0.2, 0.25) is 0 Å². The third kappa shape index (κ3) is 2.49. The zero-order chi connectivity index (χ0) is 18.6. The minimum atomic E-state index is 0.158. The second-order valence-corrected chi connectivity index (χ2v) is 7.84. The summed E-state index contributed by atoms with van der Waals surface area (Å²) in [5, 5.41) is 16.5. The maximum Gasteiger partial charge on any atom is 0.112 e. The van der Waals surface area contributed by atoms with Gasteiger partial charge < -0.3 is 0 Å². The molecule has 1 saturated carbocycles. The molecule has 0 amide bonds. The van der Waals surface area contributed by atoms with Gasteiger partial charge in [0, 0.05) is 17.5 Å². The van der Waals surface area contributed by atoms with Crippen LogP contribution < -0.4 is 0 Å². The molecule has 1 aliphatic rings. The Kier molecular flexibility index (Phi) is 3.47. The highest BCUT2D eigenvalue weighted by Crippen LogP contribution is 2.46. The van der Waals surface area contributed by atoms with Gasteiger partial charge in [0.05, 0.1) is 35.3 Å². The molecule has 0 saturated heterocycles. The molecule has 0 atom stereocenters. The molecule has 0 aliphatic heterocycles. The van der Waals surface area contributed by atoms with Crippen molar-refractivity contribution in [2.24, 2.45) is 5.92 Å². The number of aromatic amines is 1. The third-order valence-corrected chi connectivity index (χ3v) is 5.82. The summed E-state index contributed by atoms with van der Waals surface area (Å²) in [4.78, 5) is 4.91. The maximum absolute atomic E-state index is 4.91. The Hall–Kier alpha value is -2.96. The first-order valence-electron chi connectivity index (χ1n) is 9.50. The topological polar surface area (TPSA) is 76.7 Å². The van der Waals surface area contributed by atoms with E-state index in [1.165, 1.54) is 12.8 Å². The molecular weight excluding hydrogens is 338 g/mol. The van der Waals surface area contributed by atoms with E-state index in [2.05, 4.69) is 40.0 Å². The molecule has 5 rings (SSSR count). The van der Waals surface area contributed by atoms with Gasteiger partial charge in [-0.1, -0.05) is 13.8 Å². The number of H-pyrrole nitrogens is 1. The van der Waals surface area contributed by atoms with Crippen LogP contribution in [0.15, 0.2) is 36.9 Å². The van der Waals surface area contributed by atoms with Crippen molar-refractivity contribution in [3.63, 3.8) is 0 Å². The highest BCUT2D eigenvalue weighted by atomic mass is 15.3. The molecule has 0 unspecified atom stereocenters. The predicted octanol–water partition coefficient (Wildman–Crippen LogP) is 3.83. The molecule has 1 aliphatic carbocycles. The summed E-state index contributed by atoms with van der Waals surface area (Å²) >= 11 is 0. The lowest BCUT2D eigenvalue weighted by Crippen LogP contribution is -2.45. The lowest BCUT2D eigenvalue weighted by atomic mass is 9.68. The van der Waals surface area contributed by atoms with Crippen molar-refractivity contribution >= 4 is 5.52 Å². The van der Waals surface area contributed by atoms with E-state index in [4.69, 9.17) is 10.1 Å². The van der Waals surface area contributed by atoms with Crippen LogP contribution in [0.5, 0.6) is 0 Å². The van der Waals surface area contributed by atoms with Crippen LogP contribution >= 0.6 is 0 Å². The highest BCUT2D eigenvalue weighted by Gasteiger charge is 2.42. The number of aromatic nitrogens is 7. The van der Waals surface area contributed by atoms with E-state index >= 15 is 0 Å². The summed E-state index contributed by atoms with van der Waals surface area (Å²) in [6.07, 6.45) is 11.3. The Morgan fingerprint density at radius 2 is 2.07 bits per heavy atom. The zero-order valence-corrected chi connectivity index (χ0v) is 15.8. The van der Waals surface area contributed by atoms with Crippen LogP contribution in [0.3, 0.4) is 0 Å². The summed E-state index contributed by atoms with van der Waals surface area (Å²) < 4.78 is 4.02. The van der Waals surface area contributed by atoms with Crippen LogP contribution in [-0.4, -0.2) is 34.6 Å². The van der Waals surface area contributed by atoms with E-state index in [0.29, 0.717) is 0 Å². The van der Waals surface area contributed by atoms with E-state index in [0.717, 1.165) is 46.2 Å². The Bertz CT molecular complexity index is 1110. The number of nitrogens with zero attached hydrogens (tertiary/aromatic N) is 6. The van der Waals surface area contributed by atoms with Crippen molar-refractivity contribution < 1.29 is 0 Å². The highest BCUT2D eigenvalue weighted by molar-refractivity contribution is 5.77. The van der Waals surface area contributed by atoms with Crippen molar-refractivity contribution in [3.05, 3.63) is 42.6 Å². The normalized spacial score (nSPS) is 22.3. The Labute approximate surface area is 157 Å². The molecule has 4 heterocycles. The van der Waals surface area contributed by atoms with Gasteiger partial charge in [-0.2, -0.15) is 15.3 Å². The fourth-order valence-electron chi connectivity index (χ4n) is 4.39. The number of rotatable bonds is 4. The summed E-state index contributed by atoms with van der Waals surface area (Å²) in [7, 11) is 0. The molecular formula is C20H23N7. The first-order valence-corrected chi connectivity index (χ1v) is 9.50. The smallest absolute Gasteiger partial charge is 0.112 e. The third-order valence-electron chi connectivity index (χ3n) is 5.82. The van der Waals surface area contributed by atoms with Gasteiger partial charge in [0.15, 0.2) is 0 Å². The van der Waals surface area contributed by atoms with Gasteiger partial charge in [-0.3, -0.25) is 9.78 Å². The second-order valence-electron chi connectivity index (χ2n) is 7.84. The van der Waals surface area contributed by atoms with Crippen LogP contribution in [0.4, 0.5) is 0 Å². The number of hydrogen-bond donors (Lipinski definition) is 1. The quantitative estimate of drug-likeness (QED) is 0.599. The molecule has 7 nitrogen and oxygen atoms in total. The van der Waals surface area contributed by atoms with Crippen LogP contribution in [0.1, 0.15) is 38.8 Å². The minimum absolute atomic E-state index is 0.158. The van der Waals surface area contributed by atoms with E-state index in [1.54, 1.807) is 6.20 Å². The Balaban J connectivity index is 1.62. The average molecular weight is 361 g/mol. The van der Waals surface area contributed by atoms with Crippen LogP contribution in [0, 0.1) is 12.8 Å². The van der Waals surface area contributed by atoms with Crippen molar-refractivity contribution in [2.75, 3.05) is 0 Å². The van der Waals surface area contributed by atoms with Crippen molar-refractivity contribution in [3.8, 4) is 22.6 Å². The lowest BCUT2D eigenvalue weighted by Gasteiger charge is -2.46. The average Bonchev–Trinajstić information content (AvgIpc) is 3.37. The van der Waals surface area contributed by atoms with Crippen LogP contribution in [0.25, 0.3) is 28.2 Å². The number of aryl methyl sites for hydroxylation is 1. The number of nitrogens with one attached hydrogen (secondary N) is 1. The van der Waals surface area contributed by atoms with Crippen molar-refractivity contribution in [1.82, 2.24) is 34.6 Å². The monoisotopic (exact) mass is 361 g/mol. The second kappa shape index (κ2) is 5.77. The van der Waals surface area contributed by atoms with Gasteiger partial charge in [0.1, 0.15) is 11.4 Å². The van der Waals surface area contributed by atoms with E-state index in [1.807, 2.05) is 36.0 Å². The first-order chi connectivity index (χ1) is 13.1. The van der Waals surface area contributed by atoms with Crippen molar-refractivity contribution in [1.29, 1.82) is 0 Å². The molecule has 0 bridgehead atoms. The maximum atomic E-state index is 4.91. The van der Waals surface area contributed by atoms with Gasteiger partial charge in [0.25, 0.3) is 0 Å². The summed E-state index contributed by atoms with van der Waals surface area (Å²) in [6.45, 7) is 6.55. The Morgan fingerprint density at radius 1 is 1.22 bits per heavy atom. The van der Waals surface area contributed by atoms with Gasteiger partial charge >= 0.3 is 0 Å². The predicted molar refractivity (Wildman–Crippen MR) is 103 cm³/mol. The summed E-state index contributed by atoms with van der Waals surface area (Å²) in [5.74, 6) is 0.767. The number of hydrogen-bond acceptors (Lipinski definition) is 4. The molecule has 1 fully saturated rings. The molecule has 0 aromatic carbocycles. The molecule has 27 heavy (non-hydrogen) atoms. The van der Waals surface area contributed by atoms with Crippen molar-refractivity contribution in [2.45, 2.75) is 45.6 Å². The van der Waals surface area contributed by atoms with E-state index < -0.39 is 0 Å². The standard InChI is InChI=1S/C20H23N7/c1-4-20(8-13(2)9-20)27-11-15(10-22-27)19-18-5-6-21-26(18)12-17(23-19)16-7-14(3)24-25-16/h5-7,10-13H,4,8-9H2,1-3H3,(H,24,25). The van der Waals surface area contributed by atoms with Crippen LogP contribution in [0.2, 0.25) is 0 Å². The SMILES string of the molecule is CCC1(n2cc(-c3nc(-c4cc(C)[nH]n4)cn4nccc34)cn2)CC(C)C1. The summed E-state index contributed by atoms with van der Waals surface area (Å²) in [5.41, 5.74) is 5.64. The lowest BCUT2D eigenvalue weighted by molar-refractivity contribution is 0.0591. The summed E-state index contributed by atoms with van der Waals surface area (Å²) in [6, 6.07) is 3.98. The minimum Gasteiger partial charge on any atom is -0.282 e. The van der Waals surface area contributed by atoms with Gasteiger partial charge in [-0.25, -0.2) is 9.50 Å². The molecule has 4 aromatic heterocycles. The van der Waals surface area contributed by atoms with E-state index in [9.17, 15) is 0 Å². The van der Waals surface area contributed by atoms with Crippen LogP contribution in [-0.2, 0) is 5.54 Å². The molecule has 138 valence electrons. The van der Waals surface area contributed by atoms with Gasteiger partial charge in [-0.05, 0) is 44.2 Å². The molecule has 4 aromatic rings. The molecule has 0 radical (unpaired) electrons. The van der Waals surface area contributed by atoms with Gasteiger partial charge in [-0.15, -0.1) is 0 Å². The molecule has 1 N–H and O–H groups in total. The Morgan fingerprint density at radius 3 is 2.78 bits per heavy atom. The van der Waals surface area contributed by atoms with E-state index in [-0.39, 0.29) is 5.54 Å². The molecule has 0 spiro atoms.